The summed E-state index contributed by atoms with van der Waals surface area (Å²) in [5.41, 5.74) is 0.909. The van der Waals surface area contributed by atoms with Gasteiger partial charge < -0.3 is 10.3 Å². The average molecular weight is 258 g/mol. The maximum atomic E-state index is 4.35. The van der Waals surface area contributed by atoms with Crippen molar-refractivity contribution in [2.75, 3.05) is 11.9 Å². The summed E-state index contributed by atoms with van der Waals surface area (Å²) in [4.78, 5) is 11.7. The van der Waals surface area contributed by atoms with Crippen molar-refractivity contribution in [3.05, 3.63) is 18.6 Å². The van der Waals surface area contributed by atoms with Crippen molar-refractivity contribution in [2.45, 2.75) is 39.0 Å². The Morgan fingerprint density at radius 2 is 2.00 bits per heavy atom. The summed E-state index contributed by atoms with van der Waals surface area (Å²) < 4.78 is 0. The summed E-state index contributed by atoms with van der Waals surface area (Å²) in [6.45, 7) is 3.35. The molecule has 19 heavy (non-hydrogen) atoms. The number of nitrogens with zero attached hydrogens (tertiary/aromatic N) is 2. The van der Waals surface area contributed by atoms with Crippen molar-refractivity contribution in [3.8, 4) is 0 Å². The lowest BCUT2D eigenvalue weighted by Crippen LogP contribution is -2.21. The standard InChI is InChI=1S/C15H22N4/c1-2-11-3-5-12(6-4-11)9-17-15-13-7-8-16-14(13)18-10-19-15/h7-8,10-12H,2-6,9H2,1H3,(H2,16,17,18,19). The largest absolute Gasteiger partial charge is 0.369 e. The predicted octanol–water partition coefficient (Wildman–Crippen LogP) is 3.59. The Hall–Kier alpha value is -1.58. The van der Waals surface area contributed by atoms with Gasteiger partial charge in [-0.2, -0.15) is 0 Å². The minimum Gasteiger partial charge on any atom is -0.369 e. The SMILES string of the molecule is CCC1CCC(CNc2ncnc3[nH]ccc23)CC1. The van der Waals surface area contributed by atoms with Crippen LogP contribution in [0, 0.1) is 11.8 Å². The van der Waals surface area contributed by atoms with E-state index in [2.05, 4.69) is 27.2 Å². The van der Waals surface area contributed by atoms with Crippen molar-refractivity contribution in [1.29, 1.82) is 0 Å². The van der Waals surface area contributed by atoms with Crippen LogP contribution in [0.15, 0.2) is 18.6 Å². The van der Waals surface area contributed by atoms with Gasteiger partial charge in [0, 0.05) is 12.7 Å². The number of aromatic amines is 1. The number of rotatable bonds is 4. The molecular weight excluding hydrogens is 236 g/mol. The third-order valence-corrected chi connectivity index (χ3v) is 4.46. The second-order valence-corrected chi connectivity index (χ2v) is 5.64. The number of hydrogen-bond acceptors (Lipinski definition) is 3. The Kier molecular flexibility index (Phi) is 3.67. The lowest BCUT2D eigenvalue weighted by molar-refractivity contribution is 0.278. The molecule has 4 nitrogen and oxygen atoms in total. The van der Waals surface area contributed by atoms with Gasteiger partial charge in [0.05, 0.1) is 5.39 Å². The highest BCUT2D eigenvalue weighted by molar-refractivity contribution is 5.86. The van der Waals surface area contributed by atoms with E-state index in [9.17, 15) is 0 Å². The van der Waals surface area contributed by atoms with E-state index >= 15 is 0 Å². The van der Waals surface area contributed by atoms with Gasteiger partial charge in [-0.15, -0.1) is 0 Å². The molecule has 1 saturated carbocycles. The van der Waals surface area contributed by atoms with Gasteiger partial charge >= 0.3 is 0 Å². The van der Waals surface area contributed by atoms with E-state index in [1.54, 1.807) is 6.33 Å². The highest BCUT2D eigenvalue weighted by Gasteiger charge is 2.20. The van der Waals surface area contributed by atoms with E-state index in [4.69, 9.17) is 0 Å². The molecule has 2 heterocycles. The zero-order valence-electron chi connectivity index (χ0n) is 11.5. The highest BCUT2D eigenvalue weighted by atomic mass is 15.0. The van der Waals surface area contributed by atoms with E-state index in [1.807, 2.05) is 12.3 Å². The fraction of sp³-hybridized carbons (Fsp3) is 0.600. The monoisotopic (exact) mass is 258 g/mol. The van der Waals surface area contributed by atoms with Gasteiger partial charge in [0.15, 0.2) is 0 Å². The number of fused-ring (bicyclic) bond motifs is 1. The average Bonchev–Trinajstić information content (AvgIpc) is 2.94. The van der Waals surface area contributed by atoms with Crippen LogP contribution in [0.4, 0.5) is 5.82 Å². The summed E-state index contributed by atoms with van der Waals surface area (Å²) in [5.74, 6) is 2.72. The molecule has 0 atom stereocenters. The molecule has 1 aliphatic rings. The fourth-order valence-electron chi connectivity index (χ4n) is 3.10. The van der Waals surface area contributed by atoms with Crippen LogP contribution in [0.2, 0.25) is 0 Å². The summed E-state index contributed by atoms with van der Waals surface area (Å²) in [5, 5.41) is 4.59. The van der Waals surface area contributed by atoms with Crippen molar-refractivity contribution in [3.63, 3.8) is 0 Å². The summed E-state index contributed by atoms with van der Waals surface area (Å²) in [6.07, 6.45) is 10.4. The van der Waals surface area contributed by atoms with Crippen molar-refractivity contribution in [1.82, 2.24) is 15.0 Å². The van der Waals surface area contributed by atoms with Gasteiger partial charge in [-0.1, -0.05) is 26.2 Å². The Balaban J connectivity index is 1.59. The molecule has 1 aliphatic carbocycles. The summed E-state index contributed by atoms with van der Waals surface area (Å²) in [7, 11) is 0. The zero-order chi connectivity index (χ0) is 13.1. The lowest BCUT2D eigenvalue weighted by atomic mass is 9.81. The van der Waals surface area contributed by atoms with E-state index < -0.39 is 0 Å². The first-order chi connectivity index (χ1) is 9.36. The number of nitrogens with one attached hydrogen (secondary N) is 2. The van der Waals surface area contributed by atoms with Crippen LogP contribution in [0.1, 0.15) is 39.0 Å². The molecule has 0 aliphatic heterocycles. The van der Waals surface area contributed by atoms with Crippen molar-refractivity contribution < 1.29 is 0 Å². The van der Waals surface area contributed by atoms with Crippen LogP contribution in [0.25, 0.3) is 11.0 Å². The van der Waals surface area contributed by atoms with E-state index in [0.717, 1.165) is 35.2 Å². The van der Waals surface area contributed by atoms with Gasteiger partial charge in [0.1, 0.15) is 17.8 Å². The second-order valence-electron chi connectivity index (χ2n) is 5.64. The van der Waals surface area contributed by atoms with Crippen LogP contribution < -0.4 is 5.32 Å². The number of anilines is 1. The van der Waals surface area contributed by atoms with Crippen molar-refractivity contribution in [2.24, 2.45) is 11.8 Å². The maximum absolute atomic E-state index is 4.35. The molecule has 4 heteroatoms. The smallest absolute Gasteiger partial charge is 0.142 e. The van der Waals surface area contributed by atoms with Gasteiger partial charge in [0.2, 0.25) is 0 Å². The third-order valence-electron chi connectivity index (χ3n) is 4.46. The Morgan fingerprint density at radius 1 is 1.21 bits per heavy atom. The molecule has 0 aromatic carbocycles. The molecule has 2 N–H and O–H groups in total. The quantitative estimate of drug-likeness (QED) is 0.881. The number of hydrogen-bond donors (Lipinski definition) is 2. The maximum Gasteiger partial charge on any atom is 0.142 e. The Labute approximate surface area is 114 Å². The summed E-state index contributed by atoms with van der Waals surface area (Å²) in [6, 6.07) is 2.03. The molecule has 0 saturated heterocycles. The molecule has 102 valence electrons. The van der Waals surface area contributed by atoms with Crippen LogP contribution in [-0.2, 0) is 0 Å². The molecule has 0 unspecified atom stereocenters. The Bertz CT molecular complexity index is 526. The summed E-state index contributed by atoms with van der Waals surface area (Å²) >= 11 is 0. The first-order valence-electron chi connectivity index (χ1n) is 7.38. The van der Waals surface area contributed by atoms with Crippen molar-refractivity contribution >= 4 is 16.9 Å². The number of aromatic nitrogens is 3. The molecule has 3 rings (SSSR count). The van der Waals surface area contributed by atoms with E-state index in [1.165, 1.54) is 32.1 Å². The van der Waals surface area contributed by atoms with Crippen LogP contribution >= 0.6 is 0 Å². The minimum atomic E-state index is 0.798. The van der Waals surface area contributed by atoms with E-state index in [-0.39, 0.29) is 0 Å². The Morgan fingerprint density at radius 3 is 2.79 bits per heavy atom. The molecule has 0 bridgehead atoms. The predicted molar refractivity (Wildman–Crippen MR) is 78.1 cm³/mol. The lowest BCUT2D eigenvalue weighted by Gasteiger charge is -2.28. The van der Waals surface area contributed by atoms with Crippen LogP contribution in [-0.4, -0.2) is 21.5 Å². The van der Waals surface area contributed by atoms with Crippen LogP contribution in [0.3, 0.4) is 0 Å². The molecule has 2 aromatic rings. The van der Waals surface area contributed by atoms with Gasteiger partial charge in [0.25, 0.3) is 0 Å². The molecular formula is C15H22N4. The highest BCUT2D eigenvalue weighted by Crippen LogP contribution is 2.30. The normalized spacial score (nSPS) is 23.6. The topological polar surface area (TPSA) is 53.6 Å². The number of H-pyrrole nitrogens is 1. The molecule has 0 radical (unpaired) electrons. The molecule has 1 fully saturated rings. The second kappa shape index (κ2) is 5.59. The molecule has 0 spiro atoms. The molecule has 0 amide bonds. The minimum absolute atomic E-state index is 0.798. The third kappa shape index (κ3) is 2.72. The van der Waals surface area contributed by atoms with Gasteiger partial charge in [-0.3, -0.25) is 0 Å². The first kappa shape index (κ1) is 12.5. The van der Waals surface area contributed by atoms with Gasteiger partial charge in [-0.05, 0) is 30.7 Å². The molecule has 2 aromatic heterocycles. The van der Waals surface area contributed by atoms with E-state index in [0.29, 0.717) is 0 Å². The zero-order valence-corrected chi connectivity index (χ0v) is 11.5. The van der Waals surface area contributed by atoms with Gasteiger partial charge in [-0.25, -0.2) is 9.97 Å². The van der Waals surface area contributed by atoms with Crippen LogP contribution in [0.5, 0.6) is 0 Å². The first-order valence-corrected chi connectivity index (χ1v) is 7.38. The fourth-order valence-corrected chi connectivity index (χ4v) is 3.10.